The van der Waals surface area contributed by atoms with E-state index in [-0.39, 0.29) is 5.69 Å². The molecule has 4 aromatic rings. The van der Waals surface area contributed by atoms with Crippen LogP contribution in [0.4, 0.5) is 17.3 Å². The first-order valence-electron chi connectivity index (χ1n) is 8.53. The third kappa shape index (κ3) is 4.06. The molecule has 3 aromatic heterocycles. The lowest BCUT2D eigenvalue weighted by Crippen LogP contribution is -2.02. The fourth-order valence-electron chi connectivity index (χ4n) is 2.77. The van der Waals surface area contributed by atoms with Crippen LogP contribution in [0.15, 0.2) is 55.1 Å². The third-order valence-corrected chi connectivity index (χ3v) is 4.47. The number of hydrogen-bond donors (Lipinski definition) is 1. The fraction of sp³-hybridized carbons (Fsp3) is 0.111. The van der Waals surface area contributed by atoms with Gasteiger partial charge in [-0.15, -0.1) is 0 Å². The van der Waals surface area contributed by atoms with E-state index in [0.29, 0.717) is 28.9 Å². The summed E-state index contributed by atoms with van der Waals surface area (Å²) in [5, 5.41) is 22.7. The quantitative estimate of drug-likeness (QED) is 0.382. The van der Waals surface area contributed by atoms with Crippen molar-refractivity contribution in [2.24, 2.45) is 7.05 Å². The van der Waals surface area contributed by atoms with Crippen molar-refractivity contribution in [2.45, 2.75) is 6.54 Å². The van der Waals surface area contributed by atoms with E-state index in [9.17, 15) is 10.1 Å². The van der Waals surface area contributed by atoms with Crippen LogP contribution in [0, 0.1) is 10.1 Å². The Kier molecular flexibility index (Phi) is 4.92. The van der Waals surface area contributed by atoms with Gasteiger partial charge >= 0.3 is 0 Å². The van der Waals surface area contributed by atoms with Gasteiger partial charge in [-0.25, -0.2) is 9.97 Å². The van der Waals surface area contributed by atoms with E-state index < -0.39 is 4.92 Å². The Balaban J connectivity index is 1.49. The maximum Gasteiger partial charge on any atom is 0.269 e. The second kappa shape index (κ2) is 7.68. The maximum atomic E-state index is 10.7. The van der Waals surface area contributed by atoms with Crippen LogP contribution in [0.5, 0.6) is 0 Å². The van der Waals surface area contributed by atoms with Crippen LogP contribution < -0.4 is 5.32 Å². The number of nitro groups is 1. The van der Waals surface area contributed by atoms with Crippen molar-refractivity contribution in [2.75, 3.05) is 5.32 Å². The Morgan fingerprint density at radius 2 is 1.97 bits per heavy atom. The van der Waals surface area contributed by atoms with Crippen molar-refractivity contribution in [1.82, 2.24) is 29.5 Å². The second-order valence-electron chi connectivity index (χ2n) is 6.21. The highest BCUT2D eigenvalue weighted by Crippen LogP contribution is 2.26. The number of hydrogen-bond acceptors (Lipinski definition) is 7. The van der Waals surface area contributed by atoms with E-state index in [1.54, 1.807) is 40.1 Å². The Hall–Kier alpha value is -3.79. The molecular formula is C18H15ClN8O2. The molecule has 1 aromatic carbocycles. The summed E-state index contributed by atoms with van der Waals surface area (Å²) >= 11 is 6.24. The topological polar surface area (TPSA) is 117 Å². The average Bonchev–Trinajstić information content (AvgIpc) is 3.32. The minimum absolute atomic E-state index is 0.0562. The number of benzene rings is 1. The lowest BCUT2D eigenvalue weighted by molar-refractivity contribution is -0.384. The summed E-state index contributed by atoms with van der Waals surface area (Å²) in [4.78, 5) is 19.0. The van der Waals surface area contributed by atoms with Crippen molar-refractivity contribution < 1.29 is 4.92 Å². The molecule has 10 nitrogen and oxygen atoms in total. The largest absolute Gasteiger partial charge is 0.321 e. The van der Waals surface area contributed by atoms with E-state index in [4.69, 9.17) is 11.6 Å². The third-order valence-electron chi connectivity index (χ3n) is 4.19. The fourth-order valence-corrected chi connectivity index (χ4v) is 2.95. The summed E-state index contributed by atoms with van der Waals surface area (Å²) in [6.07, 6.45) is 6.64. The maximum absolute atomic E-state index is 10.7. The highest BCUT2D eigenvalue weighted by atomic mass is 35.5. The molecule has 0 radical (unpaired) electrons. The zero-order valence-corrected chi connectivity index (χ0v) is 16.0. The number of aryl methyl sites for hydroxylation is 1. The average molecular weight is 411 g/mol. The summed E-state index contributed by atoms with van der Waals surface area (Å²) < 4.78 is 3.39. The molecule has 0 saturated heterocycles. The molecule has 0 bridgehead atoms. The van der Waals surface area contributed by atoms with Crippen LogP contribution in [0.1, 0.15) is 5.56 Å². The van der Waals surface area contributed by atoms with E-state index in [1.165, 1.54) is 18.3 Å². The van der Waals surface area contributed by atoms with E-state index >= 15 is 0 Å². The lowest BCUT2D eigenvalue weighted by Gasteiger charge is -2.07. The summed E-state index contributed by atoms with van der Waals surface area (Å²) in [5.74, 6) is 0.375. The van der Waals surface area contributed by atoms with Gasteiger partial charge in [0.05, 0.1) is 40.3 Å². The zero-order chi connectivity index (χ0) is 20.4. The van der Waals surface area contributed by atoms with Gasteiger partial charge in [0.25, 0.3) is 5.69 Å². The summed E-state index contributed by atoms with van der Waals surface area (Å²) in [7, 11) is 1.81. The number of halogens is 1. The van der Waals surface area contributed by atoms with Crippen molar-refractivity contribution in [3.05, 3.63) is 75.8 Å². The van der Waals surface area contributed by atoms with Crippen molar-refractivity contribution >= 4 is 28.9 Å². The standard InChI is InChI=1S/C18H15ClN8O2/c1-25-16(6-7-21-25)17-15(19)9-20-18(24-17)23-13-8-22-26(11-13)10-12-2-4-14(5-3-12)27(28)29/h2-9,11H,10H2,1H3,(H,20,23,24). The smallest absolute Gasteiger partial charge is 0.269 e. The van der Waals surface area contributed by atoms with Gasteiger partial charge in [0.2, 0.25) is 5.95 Å². The molecule has 1 N–H and O–H groups in total. The van der Waals surface area contributed by atoms with Gasteiger partial charge < -0.3 is 5.32 Å². The Bertz CT molecular complexity index is 1170. The van der Waals surface area contributed by atoms with Gasteiger partial charge in [-0.2, -0.15) is 10.2 Å². The van der Waals surface area contributed by atoms with Crippen LogP contribution in [0.2, 0.25) is 5.02 Å². The molecule has 0 aliphatic heterocycles. The molecule has 0 unspecified atom stereocenters. The molecule has 0 aliphatic rings. The number of rotatable bonds is 6. The predicted octanol–water partition coefficient (Wildman–Crippen LogP) is 3.43. The first-order chi connectivity index (χ1) is 14.0. The van der Waals surface area contributed by atoms with Crippen LogP contribution in [-0.2, 0) is 13.6 Å². The molecule has 29 heavy (non-hydrogen) atoms. The van der Waals surface area contributed by atoms with Crippen LogP contribution in [0.3, 0.4) is 0 Å². The first-order valence-corrected chi connectivity index (χ1v) is 8.91. The Morgan fingerprint density at radius 3 is 2.66 bits per heavy atom. The molecule has 3 heterocycles. The number of aromatic nitrogens is 6. The summed E-state index contributed by atoms with van der Waals surface area (Å²) in [5.41, 5.74) is 2.99. The Labute approximate surface area is 169 Å². The van der Waals surface area contributed by atoms with Gasteiger partial charge in [-0.1, -0.05) is 23.7 Å². The second-order valence-corrected chi connectivity index (χ2v) is 6.61. The minimum atomic E-state index is -0.425. The molecule has 0 aliphatic carbocycles. The highest BCUT2D eigenvalue weighted by Gasteiger charge is 2.12. The van der Waals surface area contributed by atoms with Gasteiger partial charge in [-0.3, -0.25) is 19.5 Å². The van der Waals surface area contributed by atoms with Crippen molar-refractivity contribution in [3.8, 4) is 11.4 Å². The predicted molar refractivity (Wildman–Crippen MR) is 107 cm³/mol. The molecule has 0 saturated carbocycles. The number of anilines is 2. The summed E-state index contributed by atoms with van der Waals surface area (Å²) in [6, 6.07) is 8.17. The van der Waals surface area contributed by atoms with Crippen LogP contribution in [-0.4, -0.2) is 34.5 Å². The number of non-ortho nitro benzene ring substituents is 1. The molecule has 0 atom stereocenters. The van der Waals surface area contributed by atoms with E-state index in [1.807, 2.05) is 13.1 Å². The molecule has 4 rings (SSSR count). The van der Waals surface area contributed by atoms with Gasteiger partial charge in [0.15, 0.2) is 0 Å². The van der Waals surface area contributed by atoms with Gasteiger partial charge in [-0.05, 0) is 11.6 Å². The van der Waals surface area contributed by atoms with Gasteiger partial charge in [0.1, 0.15) is 5.69 Å². The summed E-state index contributed by atoms with van der Waals surface area (Å²) in [6.45, 7) is 0.474. The zero-order valence-electron chi connectivity index (χ0n) is 15.2. The number of nitro benzene ring substituents is 1. The van der Waals surface area contributed by atoms with Crippen molar-refractivity contribution in [3.63, 3.8) is 0 Å². The van der Waals surface area contributed by atoms with Gasteiger partial charge in [0, 0.05) is 31.6 Å². The highest BCUT2D eigenvalue weighted by molar-refractivity contribution is 6.32. The molecule has 146 valence electrons. The van der Waals surface area contributed by atoms with E-state index in [2.05, 4.69) is 25.5 Å². The lowest BCUT2D eigenvalue weighted by atomic mass is 10.2. The monoisotopic (exact) mass is 410 g/mol. The van der Waals surface area contributed by atoms with Crippen LogP contribution in [0.25, 0.3) is 11.4 Å². The molecule has 0 amide bonds. The van der Waals surface area contributed by atoms with E-state index in [0.717, 1.165) is 11.3 Å². The molecule has 0 spiro atoms. The molecule has 11 heteroatoms. The molecular weight excluding hydrogens is 396 g/mol. The first kappa shape index (κ1) is 18.6. The molecule has 0 fully saturated rings. The number of nitrogens with zero attached hydrogens (tertiary/aromatic N) is 7. The Morgan fingerprint density at radius 1 is 1.17 bits per heavy atom. The minimum Gasteiger partial charge on any atom is -0.321 e. The number of nitrogens with one attached hydrogen (secondary N) is 1. The van der Waals surface area contributed by atoms with Crippen LogP contribution >= 0.6 is 11.6 Å². The SMILES string of the molecule is Cn1nccc1-c1nc(Nc2cnn(Cc3ccc([N+](=O)[O-])cc3)c2)ncc1Cl. The normalized spacial score (nSPS) is 10.8. The van der Waals surface area contributed by atoms with Crippen molar-refractivity contribution in [1.29, 1.82) is 0 Å².